The predicted octanol–water partition coefficient (Wildman–Crippen LogP) is 6.43. The molecule has 4 rings (SSSR count). The van der Waals surface area contributed by atoms with Gasteiger partial charge in [0.2, 0.25) is 5.91 Å². The Morgan fingerprint density at radius 2 is 1.74 bits per heavy atom. The number of hydrogen-bond donors (Lipinski definition) is 2. The minimum absolute atomic E-state index is 0.0379. The number of rotatable bonds is 5. The summed E-state index contributed by atoms with van der Waals surface area (Å²) in [6.45, 7) is 4.12. The molecule has 0 saturated heterocycles. The lowest BCUT2D eigenvalue weighted by Gasteiger charge is -2.39. The van der Waals surface area contributed by atoms with Gasteiger partial charge in [-0.05, 0) is 53.8 Å². The monoisotopic (exact) mass is 511 g/mol. The van der Waals surface area contributed by atoms with Crippen molar-refractivity contribution in [3.05, 3.63) is 86.0 Å². The van der Waals surface area contributed by atoms with Crippen LogP contribution < -0.4 is 10.6 Å². The van der Waals surface area contributed by atoms with Gasteiger partial charge in [0, 0.05) is 33.4 Å². The zero-order valence-corrected chi connectivity index (χ0v) is 21.1. The zero-order chi connectivity index (χ0) is 24.5. The smallest absolute Gasteiger partial charge is 0.234 e. The molecule has 174 valence electrons. The number of nitrogens with zero attached hydrogens (tertiary/aromatic N) is 1. The van der Waals surface area contributed by atoms with Gasteiger partial charge in [0.05, 0.1) is 28.3 Å². The van der Waals surface area contributed by atoms with E-state index in [9.17, 15) is 14.9 Å². The number of thioether (sulfide) groups is 1. The summed E-state index contributed by atoms with van der Waals surface area (Å²) in [7, 11) is 0. The van der Waals surface area contributed by atoms with E-state index in [0.717, 1.165) is 11.3 Å². The summed E-state index contributed by atoms with van der Waals surface area (Å²) in [4.78, 5) is 25.8. The van der Waals surface area contributed by atoms with E-state index in [0.29, 0.717) is 44.7 Å². The maximum absolute atomic E-state index is 13.2. The maximum Gasteiger partial charge on any atom is 0.234 e. The number of benzene rings is 2. The summed E-state index contributed by atoms with van der Waals surface area (Å²) in [5, 5.41) is 18.1. The Morgan fingerprint density at radius 1 is 1.12 bits per heavy atom. The minimum atomic E-state index is -0.496. The molecule has 1 aliphatic carbocycles. The molecular formula is C26H23Cl2N3O2S. The molecule has 2 aromatic carbocycles. The molecule has 2 aliphatic rings. The van der Waals surface area contributed by atoms with Gasteiger partial charge in [-0.1, -0.05) is 60.9 Å². The molecule has 0 saturated carbocycles. The molecule has 2 N–H and O–H groups in total. The first-order valence-corrected chi connectivity index (χ1v) is 12.5. The molecule has 1 aliphatic heterocycles. The number of dihydropyridines is 1. The molecule has 0 fully saturated rings. The number of ketones is 1. The van der Waals surface area contributed by atoms with E-state index in [1.54, 1.807) is 36.4 Å². The van der Waals surface area contributed by atoms with E-state index < -0.39 is 5.92 Å². The second kappa shape index (κ2) is 9.87. The first kappa shape index (κ1) is 24.4. The lowest BCUT2D eigenvalue weighted by atomic mass is 9.69. The van der Waals surface area contributed by atoms with Crippen molar-refractivity contribution in [1.82, 2.24) is 5.32 Å². The summed E-state index contributed by atoms with van der Waals surface area (Å²) in [5.74, 6) is -0.564. The Hall–Kier alpha value is -2.72. The van der Waals surface area contributed by atoms with Gasteiger partial charge in [0.25, 0.3) is 0 Å². The molecule has 1 amide bonds. The Balaban J connectivity index is 1.64. The van der Waals surface area contributed by atoms with Crippen LogP contribution in [0.1, 0.15) is 38.2 Å². The van der Waals surface area contributed by atoms with E-state index in [-0.39, 0.29) is 22.9 Å². The number of carbonyl (C=O) groups is 2. The van der Waals surface area contributed by atoms with Crippen LogP contribution in [0.25, 0.3) is 0 Å². The molecule has 0 spiro atoms. The van der Waals surface area contributed by atoms with Crippen LogP contribution in [0, 0.1) is 16.7 Å². The maximum atomic E-state index is 13.2. The van der Waals surface area contributed by atoms with Gasteiger partial charge in [-0.2, -0.15) is 5.26 Å². The zero-order valence-electron chi connectivity index (χ0n) is 18.7. The third-order valence-corrected chi connectivity index (χ3v) is 7.33. The van der Waals surface area contributed by atoms with E-state index >= 15 is 0 Å². The summed E-state index contributed by atoms with van der Waals surface area (Å²) >= 11 is 13.2. The summed E-state index contributed by atoms with van der Waals surface area (Å²) in [6, 6.07) is 16.4. The number of allylic oxidation sites excluding steroid dienone is 3. The number of anilines is 1. The third kappa shape index (κ3) is 5.33. The number of amides is 1. The van der Waals surface area contributed by atoms with E-state index in [4.69, 9.17) is 23.2 Å². The van der Waals surface area contributed by atoms with Crippen LogP contribution in [0.2, 0.25) is 10.0 Å². The van der Waals surface area contributed by atoms with Gasteiger partial charge >= 0.3 is 0 Å². The highest BCUT2D eigenvalue weighted by atomic mass is 35.5. The molecule has 34 heavy (non-hydrogen) atoms. The van der Waals surface area contributed by atoms with Gasteiger partial charge in [0.15, 0.2) is 5.78 Å². The van der Waals surface area contributed by atoms with Crippen molar-refractivity contribution in [2.24, 2.45) is 5.41 Å². The van der Waals surface area contributed by atoms with E-state index in [1.807, 2.05) is 12.1 Å². The van der Waals surface area contributed by atoms with Gasteiger partial charge in [-0.3, -0.25) is 9.59 Å². The SMILES string of the molecule is CC1(C)CC(=O)C2=C(C1)NC(SCC(=O)Nc1ccc(Cl)cc1)=C(C#N)[C@H]2c1ccc(Cl)cc1. The lowest BCUT2D eigenvalue weighted by Crippen LogP contribution is -2.37. The molecule has 2 aromatic rings. The largest absolute Gasteiger partial charge is 0.352 e. The second-order valence-electron chi connectivity index (χ2n) is 9.14. The van der Waals surface area contributed by atoms with Crippen LogP contribution >= 0.6 is 35.0 Å². The molecule has 0 unspecified atom stereocenters. The Labute approximate surface area is 213 Å². The summed E-state index contributed by atoms with van der Waals surface area (Å²) in [5.41, 5.74) is 3.16. The van der Waals surface area contributed by atoms with Gasteiger partial charge in [-0.25, -0.2) is 0 Å². The highest BCUT2D eigenvalue weighted by molar-refractivity contribution is 8.03. The molecule has 0 bridgehead atoms. The minimum Gasteiger partial charge on any atom is -0.352 e. The molecule has 5 nitrogen and oxygen atoms in total. The molecule has 1 heterocycles. The number of carbonyl (C=O) groups excluding carboxylic acids is 2. The number of nitrogens with one attached hydrogen (secondary N) is 2. The Bertz CT molecular complexity index is 1240. The normalized spacial score (nSPS) is 19.3. The third-order valence-electron chi connectivity index (χ3n) is 5.81. The Kier molecular flexibility index (Phi) is 7.09. The topological polar surface area (TPSA) is 82.0 Å². The molecule has 0 aromatic heterocycles. The fourth-order valence-electron chi connectivity index (χ4n) is 4.35. The molecule has 8 heteroatoms. The van der Waals surface area contributed by atoms with Gasteiger partial charge in [-0.15, -0.1) is 0 Å². The lowest BCUT2D eigenvalue weighted by molar-refractivity contribution is -0.118. The standard InChI is InChI=1S/C26H23Cl2N3O2S/c1-26(2)11-20-24(21(32)12-26)23(15-3-5-16(27)6-4-15)19(13-29)25(31-20)34-14-22(33)30-18-9-7-17(28)8-10-18/h3-10,23,31H,11-12,14H2,1-2H3,(H,30,33)/t23-/m1/s1. The van der Waals surface area contributed by atoms with Crippen LogP contribution in [0.3, 0.4) is 0 Å². The molecular weight excluding hydrogens is 489 g/mol. The summed E-state index contributed by atoms with van der Waals surface area (Å²) in [6.07, 6.45) is 1.10. The fourth-order valence-corrected chi connectivity index (χ4v) is 5.46. The number of nitriles is 1. The quantitative estimate of drug-likeness (QED) is 0.483. The van der Waals surface area contributed by atoms with Crippen molar-refractivity contribution in [2.75, 3.05) is 11.1 Å². The Morgan fingerprint density at radius 3 is 2.35 bits per heavy atom. The number of Topliss-reactive ketones (excluding diaryl/α,β-unsaturated/α-hetero) is 1. The van der Waals surface area contributed by atoms with Crippen LogP contribution in [-0.2, 0) is 9.59 Å². The van der Waals surface area contributed by atoms with Crippen LogP contribution in [0.5, 0.6) is 0 Å². The highest BCUT2D eigenvalue weighted by Crippen LogP contribution is 2.47. The van der Waals surface area contributed by atoms with Crippen molar-refractivity contribution in [1.29, 1.82) is 5.26 Å². The van der Waals surface area contributed by atoms with Crippen molar-refractivity contribution < 1.29 is 9.59 Å². The van der Waals surface area contributed by atoms with E-state index in [2.05, 4.69) is 30.6 Å². The van der Waals surface area contributed by atoms with Gasteiger partial charge in [0.1, 0.15) is 0 Å². The van der Waals surface area contributed by atoms with Crippen LogP contribution in [0.15, 0.2) is 70.4 Å². The average Bonchev–Trinajstić information content (AvgIpc) is 2.78. The number of halogens is 2. The van der Waals surface area contributed by atoms with Crippen molar-refractivity contribution in [2.45, 2.75) is 32.6 Å². The van der Waals surface area contributed by atoms with Crippen molar-refractivity contribution >= 4 is 52.3 Å². The first-order chi connectivity index (χ1) is 16.2. The van der Waals surface area contributed by atoms with E-state index in [1.165, 1.54) is 11.8 Å². The highest BCUT2D eigenvalue weighted by Gasteiger charge is 2.41. The first-order valence-electron chi connectivity index (χ1n) is 10.8. The number of hydrogen-bond acceptors (Lipinski definition) is 5. The van der Waals surface area contributed by atoms with Crippen LogP contribution in [-0.4, -0.2) is 17.4 Å². The van der Waals surface area contributed by atoms with Crippen LogP contribution in [0.4, 0.5) is 5.69 Å². The summed E-state index contributed by atoms with van der Waals surface area (Å²) < 4.78 is 0. The fraction of sp³-hybridized carbons (Fsp3) is 0.269. The van der Waals surface area contributed by atoms with Crippen molar-refractivity contribution in [3.63, 3.8) is 0 Å². The predicted molar refractivity (Wildman–Crippen MR) is 138 cm³/mol. The van der Waals surface area contributed by atoms with Gasteiger partial charge < -0.3 is 10.6 Å². The van der Waals surface area contributed by atoms with Crippen molar-refractivity contribution in [3.8, 4) is 6.07 Å². The molecule has 1 atom stereocenters. The molecule has 0 radical (unpaired) electrons. The average molecular weight is 512 g/mol. The second-order valence-corrected chi connectivity index (χ2v) is 11.0.